The van der Waals surface area contributed by atoms with E-state index in [1.54, 1.807) is 18.2 Å². The third-order valence-electron chi connectivity index (χ3n) is 5.50. The summed E-state index contributed by atoms with van der Waals surface area (Å²) in [5, 5.41) is 13.8. The van der Waals surface area contributed by atoms with Crippen molar-refractivity contribution in [1.29, 1.82) is 0 Å². The number of nitro groups is 1. The number of oxazole rings is 1. The Morgan fingerprint density at radius 1 is 1.18 bits per heavy atom. The summed E-state index contributed by atoms with van der Waals surface area (Å²) in [6.45, 7) is 4.02. The number of benzene rings is 3. The maximum atomic E-state index is 12.4. The van der Waals surface area contributed by atoms with E-state index in [0.29, 0.717) is 39.4 Å². The zero-order chi connectivity index (χ0) is 24.2. The molecule has 0 bridgehead atoms. The van der Waals surface area contributed by atoms with Gasteiger partial charge in [-0.15, -0.1) is 0 Å². The van der Waals surface area contributed by atoms with Crippen LogP contribution < -0.4 is 10.1 Å². The molecule has 4 aromatic rings. The smallest absolute Gasteiger partial charge is 0.269 e. The molecular formula is C25H22ClN3O5. The SMILES string of the molecule is CC[C@H](C)c1ccc2oc(-c3ccc(Cl)c(NC(=O)COc4ccc([N+](=O)[O-])cc4)c3)nc2c1. The molecule has 0 fully saturated rings. The average Bonchev–Trinajstić information content (AvgIpc) is 3.27. The second kappa shape index (κ2) is 9.93. The normalized spacial score (nSPS) is 11.9. The first kappa shape index (κ1) is 23.3. The molecule has 3 aromatic carbocycles. The zero-order valence-corrected chi connectivity index (χ0v) is 19.3. The van der Waals surface area contributed by atoms with E-state index in [0.717, 1.165) is 11.9 Å². The fourth-order valence-corrected chi connectivity index (χ4v) is 3.53. The molecule has 4 rings (SSSR count). The third kappa shape index (κ3) is 5.18. The molecule has 0 saturated heterocycles. The van der Waals surface area contributed by atoms with E-state index in [1.807, 2.05) is 18.2 Å². The number of amides is 1. The van der Waals surface area contributed by atoms with Gasteiger partial charge in [0.05, 0.1) is 15.6 Å². The molecule has 0 aliphatic carbocycles. The number of aromatic nitrogens is 1. The van der Waals surface area contributed by atoms with Gasteiger partial charge in [-0.05, 0) is 60.4 Å². The molecule has 0 aliphatic rings. The Hall–Kier alpha value is -3.91. The van der Waals surface area contributed by atoms with Crippen molar-refractivity contribution in [3.8, 4) is 17.2 Å². The number of halogens is 1. The number of fused-ring (bicyclic) bond motifs is 1. The van der Waals surface area contributed by atoms with E-state index >= 15 is 0 Å². The summed E-state index contributed by atoms with van der Waals surface area (Å²) < 4.78 is 11.3. The Kier molecular flexibility index (Phi) is 6.79. The van der Waals surface area contributed by atoms with E-state index in [1.165, 1.54) is 29.8 Å². The van der Waals surface area contributed by atoms with Crippen LogP contribution in [0.3, 0.4) is 0 Å². The Bertz CT molecular complexity index is 1350. The van der Waals surface area contributed by atoms with Crippen molar-refractivity contribution >= 4 is 40.0 Å². The lowest BCUT2D eigenvalue weighted by atomic mass is 9.98. The molecule has 0 spiro atoms. The molecule has 8 nitrogen and oxygen atoms in total. The van der Waals surface area contributed by atoms with Crippen LogP contribution in [0.4, 0.5) is 11.4 Å². The van der Waals surface area contributed by atoms with Gasteiger partial charge in [-0.1, -0.05) is 31.5 Å². The Balaban J connectivity index is 1.47. The van der Waals surface area contributed by atoms with Crippen LogP contribution in [-0.2, 0) is 4.79 Å². The lowest BCUT2D eigenvalue weighted by Crippen LogP contribution is -2.20. The van der Waals surface area contributed by atoms with Crippen LogP contribution in [0.1, 0.15) is 31.7 Å². The topological polar surface area (TPSA) is 108 Å². The highest BCUT2D eigenvalue weighted by Crippen LogP contribution is 2.32. The molecular weight excluding hydrogens is 458 g/mol. The molecule has 1 amide bonds. The monoisotopic (exact) mass is 479 g/mol. The van der Waals surface area contributed by atoms with Gasteiger partial charge in [0, 0.05) is 17.7 Å². The van der Waals surface area contributed by atoms with E-state index in [4.69, 9.17) is 20.8 Å². The molecule has 1 N–H and O–H groups in total. The summed E-state index contributed by atoms with van der Waals surface area (Å²) in [7, 11) is 0. The van der Waals surface area contributed by atoms with E-state index < -0.39 is 10.8 Å². The molecule has 34 heavy (non-hydrogen) atoms. The molecule has 9 heteroatoms. The summed E-state index contributed by atoms with van der Waals surface area (Å²) in [4.78, 5) is 27.2. The first-order valence-electron chi connectivity index (χ1n) is 10.7. The molecule has 174 valence electrons. The minimum absolute atomic E-state index is 0.0595. The average molecular weight is 480 g/mol. The summed E-state index contributed by atoms with van der Waals surface area (Å²) in [5.74, 6) is 0.748. The number of ether oxygens (including phenoxy) is 1. The predicted octanol–water partition coefficient (Wildman–Crippen LogP) is 6.59. The molecule has 0 unspecified atom stereocenters. The Morgan fingerprint density at radius 2 is 1.94 bits per heavy atom. The minimum atomic E-state index is -0.507. The van der Waals surface area contributed by atoms with Crippen LogP contribution in [0.25, 0.3) is 22.6 Å². The van der Waals surface area contributed by atoms with Gasteiger partial charge in [0.1, 0.15) is 11.3 Å². The second-order valence-electron chi connectivity index (χ2n) is 7.84. The maximum absolute atomic E-state index is 12.4. The first-order valence-corrected chi connectivity index (χ1v) is 11.1. The number of hydrogen-bond donors (Lipinski definition) is 1. The second-order valence-corrected chi connectivity index (χ2v) is 8.25. The highest BCUT2D eigenvalue weighted by atomic mass is 35.5. The molecule has 1 aromatic heterocycles. The third-order valence-corrected chi connectivity index (χ3v) is 5.83. The Morgan fingerprint density at radius 3 is 2.65 bits per heavy atom. The fraction of sp³-hybridized carbons (Fsp3) is 0.200. The van der Waals surface area contributed by atoms with Gasteiger partial charge in [-0.3, -0.25) is 14.9 Å². The molecule has 1 heterocycles. The number of anilines is 1. The number of nitro benzene ring substituents is 1. The van der Waals surface area contributed by atoms with Crippen molar-refractivity contribution in [3.05, 3.63) is 81.4 Å². The van der Waals surface area contributed by atoms with Gasteiger partial charge < -0.3 is 14.5 Å². The maximum Gasteiger partial charge on any atom is 0.269 e. The largest absolute Gasteiger partial charge is 0.484 e. The highest BCUT2D eigenvalue weighted by Gasteiger charge is 2.14. The van der Waals surface area contributed by atoms with Crippen LogP contribution in [0.5, 0.6) is 5.75 Å². The van der Waals surface area contributed by atoms with Gasteiger partial charge in [0.2, 0.25) is 5.89 Å². The van der Waals surface area contributed by atoms with Crippen molar-refractivity contribution < 1.29 is 18.9 Å². The lowest BCUT2D eigenvalue weighted by molar-refractivity contribution is -0.384. The zero-order valence-electron chi connectivity index (χ0n) is 18.6. The summed E-state index contributed by atoms with van der Waals surface area (Å²) in [6.07, 6.45) is 1.03. The van der Waals surface area contributed by atoms with E-state index in [2.05, 4.69) is 24.1 Å². The Labute approximate surface area is 200 Å². The lowest BCUT2D eigenvalue weighted by Gasteiger charge is -2.09. The predicted molar refractivity (Wildman–Crippen MR) is 130 cm³/mol. The number of non-ortho nitro benzene ring substituents is 1. The number of rotatable bonds is 8. The van der Waals surface area contributed by atoms with Gasteiger partial charge in [-0.25, -0.2) is 4.98 Å². The van der Waals surface area contributed by atoms with E-state index in [9.17, 15) is 14.9 Å². The summed E-state index contributed by atoms with van der Waals surface area (Å²) in [6, 6.07) is 16.6. The highest BCUT2D eigenvalue weighted by molar-refractivity contribution is 6.33. The minimum Gasteiger partial charge on any atom is -0.484 e. The number of carbonyl (C=O) groups excluding carboxylic acids is 1. The van der Waals surface area contributed by atoms with Crippen LogP contribution >= 0.6 is 11.6 Å². The standard InChI is InChI=1S/C25H22ClN3O5/c1-3-15(2)16-5-11-23-22(12-16)28-25(34-23)17-4-10-20(26)21(13-17)27-24(30)14-33-19-8-6-18(7-9-19)29(31)32/h4-13,15H,3,14H2,1-2H3,(H,27,30)/t15-/m0/s1. The summed E-state index contributed by atoms with van der Waals surface area (Å²) >= 11 is 6.27. The summed E-state index contributed by atoms with van der Waals surface area (Å²) in [5.41, 5.74) is 3.64. The number of nitrogens with zero attached hydrogens (tertiary/aromatic N) is 2. The molecule has 0 saturated carbocycles. The van der Waals surface area contributed by atoms with Gasteiger partial charge in [0.15, 0.2) is 12.2 Å². The molecule has 0 radical (unpaired) electrons. The van der Waals surface area contributed by atoms with Crippen molar-refractivity contribution in [2.24, 2.45) is 0 Å². The number of nitrogens with one attached hydrogen (secondary N) is 1. The van der Waals surface area contributed by atoms with Gasteiger partial charge in [-0.2, -0.15) is 0 Å². The van der Waals surface area contributed by atoms with Crippen LogP contribution in [0.2, 0.25) is 5.02 Å². The van der Waals surface area contributed by atoms with Crippen molar-refractivity contribution in [2.45, 2.75) is 26.2 Å². The van der Waals surface area contributed by atoms with Crippen molar-refractivity contribution in [1.82, 2.24) is 4.98 Å². The number of carbonyl (C=O) groups is 1. The first-order chi connectivity index (χ1) is 16.3. The number of hydrogen-bond acceptors (Lipinski definition) is 6. The van der Waals surface area contributed by atoms with Gasteiger partial charge >= 0.3 is 0 Å². The van der Waals surface area contributed by atoms with E-state index in [-0.39, 0.29) is 12.3 Å². The van der Waals surface area contributed by atoms with Crippen molar-refractivity contribution in [2.75, 3.05) is 11.9 Å². The van der Waals surface area contributed by atoms with Crippen LogP contribution in [-0.4, -0.2) is 22.4 Å². The molecule has 1 atom stereocenters. The van der Waals surface area contributed by atoms with Crippen LogP contribution in [0.15, 0.2) is 65.1 Å². The fourth-order valence-electron chi connectivity index (χ4n) is 3.36. The van der Waals surface area contributed by atoms with Crippen molar-refractivity contribution in [3.63, 3.8) is 0 Å². The quantitative estimate of drug-likeness (QED) is 0.225. The van der Waals surface area contributed by atoms with Crippen LogP contribution in [0, 0.1) is 10.1 Å². The van der Waals surface area contributed by atoms with Gasteiger partial charge in [0.25, 0.3) is 11.6 Å². The molecule has 0 aliphatic heterocycles.